The number of rotatable bonds is 4. The lowest BCUT2D eigenvalue weighted by molar-refractivity contribution is -0.115. The van der Waals surface area contributed by atoms with Gasteiger partial charge in [0.1, 0.15) is 5.03 Å². The molecule has 2 aliphatic rings. The summed E-state index contributed by atoms with van der Waals surface area (Å²) in [6.07, 6.45) is 5.56. The summed E-state index contributed by atoms with van der Waals surface area (Å²) >= 11 is 5.66. The van der Waals surface area contributed by atoms with Gasteiger partial charge in [-0.05, 0) is 49.5 Å². The maximum Gasteiger partial charge on any atom is 0.188 e. The highest BCUT2D eigenvalue weighted by molar-refractivity contribution is 7.99. The third-order valence-electron chi connectivity index (χ3n) is 5.30. The molecule has 5 nitrogen and oxygen atoms in total. The number of nitrogens with one attached hydrogen (secondary N) is 1. The number of fused-ring (bicyclic) bond motifs is 2. The number of piperidine rings is 1. The van der Waals surface area contributed by atoms with E-state index in [0.717, 1.165) is 49.0 Å². The minimum atomic E-state index is 0.0186. The number of benzene rings is 1. The molecule has 1 N–H and O–H groups in total. The fourth-order valence-electron chi connectivity index (χ4n) is 3.65. The van der Waals surface area contributed by atoms with Gasteiger partial charge in [0.2, 0.25) is 0 Å². The Hall–Kier alpha value is -1.57. The molecule has 136 valence electrons. The number of hydrogen-bond acceptors (Lipinski definition) is 6. The summed E-state index contributed by atoms with van der Waals surface area (Å²) in [6, 6.07) is 6.57. The van der Waals surface area contributed by atoms with Gasteiger partial charge in [-0.25, -0.2) is 9.97 Å². The molecule has 0 amide bonds. The molecule has 1 unspecified atom stereocenters. The van der Waals surface area contributed by atoms with Gasteiger partial charge in [0.25, 0.3) is 0 Å². The SMILES string of the molecule is CC(C(=O)S)C1CCN(Cc2ccc3c(c2)Nc2nccnc2S3)CC1. The molecule has 0 aliphatic carbocycles. The summed E-state index contributed by atoms with van der Waals surface area (Å²) in [5.41, 5.74) is 2.39. The Balaban J connectivity index is 1.39. The Morgan fingerprint density at radius 2 is 2.12 bits per heavy atom. The smallest absolute Gasteiger partial charge is 0.188 e. The van der Waals surface area contributed by atoms with Crippen LogP contribution in [-0.2, 0) is 11.3 Å². The number of likely N-dealkylation sites (tertiary alicyclic amines) is 1. The van der Waals surface area contributed by atoms with Gasteiger partial charge in [-0.2, -0.15) is 0 Å². The fraction of sp³-hybridized carbons (Fsp3) is 0.421. The van der Waals surface area contributed by atoms with Crippen molar-refractivity contribution >= 4 is 41.0 Å². The van der Waals surface area contributed by atoms with Crippen molar-refractivity contribution in [1.29, 1.82) is 0 Å². The van der Waals surface area contributed by atoms with Crippen molar-refractivity contribution in [2.75, 3.05) is 18.4 Å². The third-order valence-corrected chi connectivity index (χ3v) is 6.78. The molecular formula is C19H22N4OS2. The highest BCUT2D eigenvalue weighted by Gasteiger charge is 2.27. The zero-order valence-corrected chi connectivity index (χ0v) is 16.4. The van der Waals surface area contributed by atoms with Gasteiger partial charge in [0.15, 0.2) is 10.9 Å². The van der Waals surface area contributed by atoms with E-state index in [9.17, 15) is 4.79 Å². The molecular weight excluding hydrogens is 364 g/mol. The molecule has 1 atom stereocenters. The molecule has 0 saturated carbocycles. The lowest BCUT2D eigenvalue weighted by atomic mass is 9.86. The second-order valence-electron chi connectivity index (χ2n) is 7.01. The molecule has 1 aromatic carbocycles. The molecule has 7 heteroatoms. The van der Waals surface area contributed by atoms with Crippen LogP contribution in [0, 0.1) is 11.8 Å². The van der Waals surface area contributed by atoms with Crippen LogP contribution in [0.3, 0.4) is 0 Å². The van der Waals surface area contributed by atoms with E-state index < -0.39 is 0 Å². The number of thiol groups is 1. The lowest BCUT2D eigenvalue weighted by Gasteiger charge is -2.34. The summed E-state index contributed by atoms with van der Waals surface area (Å²) in [6.45, 7) is 5.00. The van der Waals surface area contributed by atoms with Crippen LogP contribution in [0.25, 0.3) is 0 Å². The minimum absolute atomic E-state index is 0.0186. The number of nitrogens with zero attached hydrogens (tertiary/aromatic N) is 3. The van der Waals surface area contributed by atoms with Crippen LogP contribution in [0.5, 0.6) is 0 Å². The van der Waals surface area contributed by atoms with Crippen LogP contribution in [0.15, 0.2) is 40.5 Å². The molecule has 0 radical (unpaired) electrons. The number of anilines is 2. The largest absolute Gasteiger partial charge is 0.337 e. The normalized spacial score (nSPS) is 18.5. The van der Waals surface area contributed by atoms with E-state index in [4.69, 9.17) is 0 Å². The molecule has 2 aliphatic heterocycles. The van der Waals surface area contributed by atoms with E-state index in [-0.39, 0.29) is 11.0 Å². The Morgan fingerprint density at radius 1 is 1.35 bits per heavy atom. The predicted molar refractivity (Wildman–Crippen MR) is 107 cm³/mol. The van der Waals surface area contributed by atoms with E-state index in [1.165, 1.54) is 10.5 Å². The van der Waals surface area contributed by atoms with Crippen LogP contribution in [0.2, 0.25) is 0 Å². The maximum atomic E-state index is 11.5. The Morgan fingerprint density at radius 3 is 2.88 bits per heavy atom. The summed E-state index contributed by atoms with van der Waals surface area (Å²) in [5, 5.41) is 4.33. The van der Waals surface area contributed by atoms with E-state index in [1.807, 2.05) is 6.92 Å². The van der Waals surface area contributed by atoms with Crippen LogP contribution >= 0.6 is 24.4 Å². The molecule has 3 heterocycles. The number of carbonyl (C=O) groups excluding carboxylic acids is 1. The van der Waals surface area contributed by atoms with Gasteiger partial charge in [-0.3, -0.25) is 9.69 Å². The van der Waals surface area contributed by atoms with E-state index >= 15 is 0 Å². The molecule has 1 aromatic heterocycles. The van der Waals surface area contributed by atoms with Gasteiger partial charge >= 0.3 is 0 Å². The average molecular weight is 387 g/mol. The molecule has 1 saturated heterocycles. The first-order chi connectivity index (χ1) is 12.6. The minimum Gasteiger partial charge on any atom is -0.337 e. The average Bonchev–Trinajstić information content (AvgIpc) is 2.66. The topological polar surface area (TPSA) is 58.1 Å². The number of carbonyl (C=O) groups is 1. The van der Waals surface area contributed by atoms with Gasteiger partial charge < -0.3 is 5.32 Å². The van der Waals surface area contributed by atoms with Crippen molar-refractivity contribution in [3.63, 3.8) is 0 Å². The van der Waals surface area contributed by atoms with Crippen LogP contribution in [-0.4, -0.2) is 33.1 Å². The first-order valence-corrected chi connectivity index (χ1v) is 10.2. The van der Waals surface area contributed by atoms with Crippen LogP contribution in [0.1, 0.15) is 25.3 Å². The van der Waals surface area contributed by atoms with Crippen molar-refractivity contribution < 1.29 is 4.79 Å². The first-order valence-electron chi connectivity index (χ1n) is 8.94. The van der Waals surface area contributed by atoms with Crippen molar-refractivity contribution in [3.05, 3.63) is 36.2 Å². The zero-order valence-electron chi connectivity index (χ0n) is 14.7. The second kappa shape index (κ2) is 7.58. The molecule has 4 rings (SSSR count). The zero-order chi connectivity index (χ0) is 18.1. The fourth-order valence-corrected chi connectivity index (χ4v) is 4.74. The Bertz CT molecular complexity index is 821. The van der Waals surface area contributed by atoms with Gasteiger partial charge in [0.05, 0.1) is 5.69 Å². The first kappa shape index (κ1) is 17.8. The van der Waals surface area contributed by atoms with E-state index in [1.54, 1.807) is 24.2 Å². The van der Waals surface area contributed by atoms with Crippen molar-refractivity contribution in [2.45, 2.75) is 36.2 Å². The predicted octanol–water partition coefficient (Wildman–Crippen LogP) is 3.99. The summed E-state index contributed by atoms with van der Waals surface area (Å²) < 4.78 is 0. The number of aromatic nitrogens is 2. The quantitative estimate of drug-likeness (QED) is 0.661. The monoisotopic (exact) mass is 386 g/mol. The highest BCUT2D eigenvalue weighted by Crippen LogP contribution is 2.42. The van der Waals surface area contributed by atoms with Crippen LogP contribution < -0.4 is 5.32 Å². The summed E-state index contributed by atoms with van der Waals surface area (Å²) in [5.74, 6) is 1.35. The van der Waals surface area contributed by atoms with E-state index in [2.05, 4.69) is 51.0 Å². The molecule has 1 fully saturated rings. The lowest BCUT2D eigenvalue weighted by Crippen LogP contribution is -2.36. The summed E-state index contributed by atoms with van der Waals surface area (Å²) in [7, 11) is 0. The van der Waals surface area contributed by atoms with Gasteiger partial charge in [0, 0.05) is 29.8 Å². The van der Waals surface area contributed by atoms with E-state index in [0.29, 0.717) is 5.92 Å². The highest BCUT2D eigenvalue weighted by atomic mass is 32.2. The summed E-state index contributed by atoms with van der Waals surface area (Å²) in [4.78, 5) is 23.9. The van der Waals surface area contributed by atoms with Crippen LogP contribution in [0.4, 0.5) is 11.5 Å². The van der Waals surface area contributed by atoms with Crippen molar-refractivity contribution in [3.8, 4) is 0 Å². The van der Waals surface area contributed by atoms with Crippen molar-refractivity contribution in [1.82, 2.24) is 14.9 Å². The van der Waals surface area contributed by atoms with Gasteiger partial charge in [-0.1, -0.05) is 24.8 Å². The van der Waals surface area contributed by atoms with Gasteiger partial charge in [-0.15, -0.1) is 12.6 Å². The standard InChI is InChI=1S/C19H22N4OS2/c1-12(19(24)25)14-4-8-23(9-5-14)11-13-2-3-16-15(10-13)22-17-18(26-16)21-7-6-20-17/h2-3,6-7,10,12,14H,4-5,8-9,11H2,1H3,(H,20,22)(H,24,25). The number of hydrogen-bond donors (Lipinski definition) is 2. The third kappa shape index (κ3) is 3.75. The molecule has 0 bridgehead atoms. The maximum absolute atomic E-state index is 11.5. The molecule has 26 heavy (non-hydrogen) atoms. The second-order valence-corrected chi connectivity index (χ2v) is 8.48. The van der Waals surface area contributed by atoms with Crippen molar-refractivity contribution in [2.24, 2.45) is 11.8 Å². The molecule has 0 spiro atoms. The Labute approximate surface area is 163 Å². The Kier molecular flexibility index (Phi) is 5.20. The molecule has 2 aromatic rings.